The fraction of sp³-hybridized carbons (Fsp3) is 0.300. The lowest BCUT2D eigenvalue weighted by Crippen LogP contribution is -2.46. The molecule has 8 heteroatoms. The van der Waals surface area contributed by atoms with Crippen molar-refractivity contribution in [2.24, 2.45) is 0 Å². The average Bonchev–Trinajstić information content (AvgIpc) is 3.09. The van der Waals surface area contributed by atoms with E-state index in [2.05, 4.69) is 42.7 Å². The molecule has 1 aliphatic rings. The number of thiophene rings is 1. The first-order valence-electron chi connectivity index (χ1n) is 9.37. The lowest BCUT2D eigenvalue weighted by atomic mass is 10.2. The van der Waals surface area contributed by atoms with Gasteiger partial charge < -0.3 is 10.6 Å². The van der Waals surface area contributed by atoms with Gasteiger partial charge >= 0.3 is 0 Å². The van der Waals surface area contributed by atoms with E-state index >= 15 is 0 Å². The Kier molecular flexibility index (Phi) is 4.29. The quantitative estimate of drug-likeness (QED) is 0.575. The lowest BCUT2D eigenvalue weighted by Gasteiger charge is -2.35. The van der Waals surface area contributed by atoms with E-state index in [1.54, 1.807) is 17.7 Å². The van der Waals surface area contributed by atoms with Crippen molar-refractivity contribution in [3.05, 3.63) is 47.4 Å². The molecule has 3 aromatic heterocycles. The lowest BCUT2D eigenvalue weighted by molar-refractivity contribution is 0.244. The van der Waals surface area contributed by atoms with E-state index in [-0.39, 0.29) is 0 Å². The molecule has 1 saturated heterocycles. The second-order valence-electron chi connectivity index (χ2n) is 7.08. The number of hydrogen-bond donors (Lipinski definition) is 1. The molecule has 0 radical (unpaired) electrons. The Morgan fingerprint density at radius 3 is 2.71 bits per heavy atom. The minimum Gasteiger partial charge on any atom is -0.383 e. The molecule has 0 atom stereocenters. The molecule has 0 amide bonds. The van der Waals surface area contributed by atoms with E-state index < -0.39 is 0 Å². The molecule has 28 heavy (non-hydrogen) atoms. The summed E-state index contributed by atoms with van der Waals surface area (Å²) in [6.07, 6.45) is 1.67. The standard InChI is InChI=1S/C20H21N7S/c1-13-10-15-19(22-12-23-20(15)28-13)27-8-6-26(7-9-27)11-17-24-16-5-3-2-4-14(16)18(21)25-17/h2-5,10,12H,6-9,11H2,1H3,(H2,21,24,25). The Labute approximate surface area is 166 Å². The Balaban J connectivity index is 1.31. The summed E-state index contributed by atoms with van der Waals surface area (Å²) in [7, 11) is 0. The van der Waals surface area contributed by atoms with Crippen molar-refractivity contribution in [3.63, 3.8) is 0 Å². The van der Waals surface area contributed by atoms with E-state index in [0.717, 1.165) is 58.9 Å². The number of rotatable bonds is 3. The molecule has 4 aromatic rings. The van der Waals surface area contributed by atoms with Crippen LogP contribution in [0.1, 0.15) is 10.7 Å². The zero-order valence-corrected chi connectivity index (χ0v) is 16.5. The van der Waals surface area contributed by atoms with Gasteiger partial charge in [0.2, 0.25) is 0 Å². The van der Waals surface area contributed by atoms with Gasteiger partial charge in [0.1, 0.15) is 28.6 Å². The second kappa shape index (κ2) is 6.96. The van der Waals surface area contributed by atoms with E-state index in [1.807, 2.05) is 24.3 Å². The van der Waals surface area contributed by atoms with Gasteiger partial charge in [-0.15, -0.1) is 11.3 Å². The number of piperazine rings is 1. The molecule has 0 bridgehead atoms. The predicted molar refractivity (Wildman–Crippen MR) is 114 cm³/mol. The number of fused-ring (bicyclic) bond motifs is 2. The van der Waals surface area contributed by atoms with Crippen LogP contribution >= 0.6 is 11.3 Å². The minimum absolute atomic E-state index is 0.551. The van der Waals surface area contributed by atoms with E-state index in [9.17, 15) is 0 Å². The number of aromatic nitrogens is 4. The molecular formula is C20H21N7S. The first-order chi connectivity index (χ1) is 13.7. The third kappa shape index (κ3) is 3.14. The van der Waals surface area contributed by atoms with Crippen LogP contribution in [0.15, 0.2) is 36.7 Å². The molecule has 5 rings (SSSR count). The predicted octanol–water partition coefficient (Wildman–Crippen LogP) is 2.85. The summed E-state index contributed by atoms with van der Waals surface area (Å²) < 4.78 is 0. The maximum atomic E-state index is 6.12. The number of nitrogen functional groups attached to an aromatic ring is 1. The molecule has 0 saturated carbocycles. The molecule has 4 heterocycles. The van der Waals surface area contributed by atoms with Crippen molar-refractivity contribution in [2.45, 2.75) is 13.5 Å². The first kappa shape index (κ1) is 17.3. The van der Waals surface area contributed by atoms with Gasteiger partial charge in [-0.25, -0.2) is 19.9 Å². The van der Waals surface area contributed by atoms with Crippen molar-refractivity contribution < 1.29 is 0 Å². The van der Waals surface area contributed by atoms with Gasteiger partial charge in [-0.3, -0.25) is 4.90 Å². The molecule has 0 unspecified atom stereocenters. The second-order valence-corrected chi connectivity index (χ2v) is 8.31. The van der Waals surface area contributed by atoms with Gasteiger partial charge in [-0.2, -0.15) is 0 Å². The van der Waals surface area contributed by atoms with Crippen molar-refractivity contribution in [1.29, 1.82) is 0 Å². The molecule has 1 fully saturated rings. The average molecular weight is 392 g/mol. The Bertz CT molecular complexity index is 1150. The van der Waals surface area contributed by atoms with Crippen molar-refractivity contribution in [2.75, 3.05) is 36.8 Å². The molecule has 1 aliphatic heterocycles. The van der Waals surface area contributed by atoms with Crippen LogP contribution in [0.25, 0.3) is 21.1 Å². The summed E-state index contributed by atoms with van der Waals surface area (Å²) in [5, 5.41) is 2.07. The minimum atomic E-state index is 0.551. The van der Waals surface area contributed by atoms with E-state index in [4.69, 9.17) is 5.73 Å². The summed E-state index contributed by atoms with van der Waals surface area (Å²) in [4.78, 5) is 25.2. The summed E-state index contributed by atoms with van der Waals surface area (Å²) in [5.74, 6) is 2.37. The number of nitrogens with two attached hydrogens (primary N) is 1. The highest BCUT2D eigenvalue weighted by atomic mass is 32.1. The van der Waals surface area contributed by atoms with Gasteiger partial charge in [0, 0.05) is 36.4 Å². The van der Waals surface area contributed by atoms with Gasteiger partial charge in [-0.05, 0) is 25.1 Å². The highest BCUT2D eigenvalue weighted by Crippen LogP contribution is 2.30. The highest BCUT2D eigenvalue weighted by Gasteiger charge is 2.21. The Morgan fingerprint density at radius 1 is 1.04 bits per heavy atom. The summed E-state index contributed by atoms with van der Waals surface area (Å²) in [5.41, 5.74) is 7.03. The number of hydrogen-bond acceptors (Lipinski definition) is 8. The Morgan fingerprint density at radius 2 is 1.86 bits per heavy atom. The fourth-order valence-electron chi connectivity index (χ4n) is 3.76. The van der Waals surface area contributed by atoms with Crippen LogP contribution in [-0.4, -0.2) is 51.0 Å². The molecule has 7 nitrogen and oxygen atoms in total. The third-order valence-electron chi connectivity index (χ3n) is 5.15. The molecular weight excluding hydrogens is 370 g/mol. The first-order valence-corrected chi connectivity index (χ1v) is 10.2. The van der Waals surface area contributed by atoms with Gasteiger partial charge in [-0.1, -0.05) is 12.1 Å². The number of benzene rings is 1. The normalized spacial score (nSPS) is 15.5. The van der Waals surface area contributed by atoms with Crippen molar-refractivity contribution in [3.8, 4) is 0 Å². The number of nitrogens with zero attached hydrogens (tertiary/aromatic N) is 6. The monoisotopic (exact) mass is 391 g/mol. The van der Waals surface area contributed by atoms with E-state index in [0.29, 0.717) is 12.4 Å². The number of aryl methyl sites for hydroxylation is 1. The fourth-order valence-corrected chi connectivity index (χ4v) is 4.60. The van der Waals surface area contributed by atoms with Crippen molar-refractivity contribution in [1.82, 2.24) is 24.8 Å². The number of para-hydroxylation sites is 1. The third-order valence-corrected chi connectivity index (χ3v) is 6.11. The maximum absolute atomic E-state index is 6.12. The van der Waals surface area contributed by atoms with Crippen LogP contribution in [0.3, 0.4) is 0 Å². The zero-order chi connectivity index (χ0) is 19.1. The topological polar surface area (TPSA) is 84.1 Å². The SMILES string of the molecule is Cc1cc2c(N3CCN(Cc4nc(N)c5ccccc5n4)CC3)ncnc2s1. The molecule has 142 valence electrons. The van der Waals surface area contributed by atoms with Gasteiger partial charge in [0.15, 0.2) is 0 Å². The van der Waals surface area contributed by atoms with Gasteiger partial charge in [0.05, 0.1) is 17.4 Å². The van der Waals surface area contributed by atoms with Crippen LogP contribution in [0.5, 0.6) is 0 Å². The smallest absolute Gasteiger partial charge is 0.145 e. The van der Waals surface area contributed by atoms with Crippen LogP contribution in [0, 0.1) is 6.92 Å². The zero-order valence-electron chi connectivity index (χ0n) is 15.7. The van der Waals surface area contributed by atoms with Crippen LogP contribution in [0.4, 0.5) is 11.6 Å². The Hall–Kier alpha value is -2.84. The molecule has 1 aromatic carbocycles. The molecule has 2 N–H and O–H groups in total. The maximum Gasteiger partial charge on any atom is 0.145 e. The van der Waals surface area contributed by atoms with Crippen LogP contribution < -0.4 is 10.6 Å². The van der Waals surface area contributed by atoms with Crippen molar-refractivity contribution >= 4 is 44.1 Å². The highest BCUT2D eigenvalue weighted by molar-refractivity contribution is 7.18. The van der Waals surface area contributed by atoms with Crippen LogP contribution in [0.2, 0.25) is 0 Å². The molecule has 0 aliphatic carbocycles. The summed E-state index contributed by atoms with van der Waals surface area (Å²) >= 11 is 1.72. The van der Waals surface area contributed by atoms with E-state index in [1.165, 1.54) is 4.88 Å². The largest absolute Gasteiger partial charge is 0.383 e. The summed E-state index contributed by atoms with van der Waals surface area (Å²) in [6, 6.07) is 10.1. The number of anilines is 2. The summed E-state index contributed by atoms with van der Waals surface area (Å²) in [6.45, 7) is 6.53. The van der Waals surface area contributed by atoms with Crippen LogP contribution in [-0.2, 0) is 6.54 Å². The molecule has 0 spiro atoms. The van der Waals surface area contributed by atoms with Gasteiger partial charge in [0.25, 0.3) is 0 Å².